The molecule has 2 atom stereocenters. The Hall–Kier alpha value is -0.840. The minimum absolute atomic E-state index is 0.0693. The number of hydrogen-bond donors (Lipinski definition) is 1. The summed E-state index contributed by atoms with van der Waals surface area (Å²) in [7, 11) is 1.62. The van der Waals surface area contributed by atoms with Crippen LogP contribution in [0.3, 0.4) is 0 Å². The normalized spacial score (nSPS) is 22.1. The molecule has 1 fully saturated rings. The van der Waals surface area contributed by atoms with Crippen molar-refractivity contribution in [2.75, 3.05) is 13.6 Å². The molecule has 0 aliphatic heterocycles. The number of halogens is 3. The Morgan fingerprint density at radius 2 is 2.10 bits per heavy atom. The monoisotopic (exact) mass is 319 g/mol. The van der Waals surface area contributed by atoms with Gasteiger partial charge in [-0.2, -0.15) is 0 Å². The van der Waals surface area contributed by atoms with E-state index in [0.29, 0.717) is 6.54 Å². The maximum atomic E-state index is 13.4. The molecule has 0 heterocycles. The second-order valence-electron chi connectivity index (χ2n) is 5.19. The Labute approximate surface area is 127 Å². The van der Waals surface area contributed by atoms with Gasteiger partial charge >= 0.3 is 0 Å². The number of nitrogens with zero attached hydrogens (tertiary/aromatic N) is 1. The van der Waals surface area contributed by atoms with E-state index in [4.69, 9.17) is 23.2 Å². The number of amides is 1. The van der Waals surface area contributed by atoms with Crippen LogP contribution < -0.4 is 0 Å². The van der Waals surface area contributed by atoms with Crippen molar-refractivity contribution in [2.24, 2.45) is 5.92 Å². The average molecular weight is 320 g/mol. The average Bonchev–Trinajstić information content (AvgIpc) is 2.78. The van der Waals surface area contributed by atoms with E-state index >= 15 is 0 Å². The number of hydrogen-bond acceptors (Lipinski definition) is 2. The molecule has 110 valence electrons. The molecule has 0 bridgehead atoms. The third kappa shape index (κ3) is 3.25. The van der Waals surface area contributed by atoms with Gasteiger partial charge in [0.05, 0.1) is 21.7 Å². The van der Waals surface area contributed by atoms with E-state index in [1.54, 1.807) is 7.05 Å². The number of carbonyl (C=O) groups is 1. The molecule has 6 heteroatoms. The third-order valence-corrected chi connectivity index (χ3v) is 4.32. The van der Waals surface area contributed by atoms with E-state index in [2.05, 4.69) is 0 Å². The van der Waals surface area contributed by atoms with Crippen molar-refractivity contribution in [1.82, 2.24) is 4.90 Å². The van der Waals surface area contributed by atoms with Crippen LogP contribution in [0.5, 0.6) is 0 Å². The van der Waals surface area contributed by atoms with Gasteiger partial charge in [0.1, 0.15) is 5.82 Å². The Bertz CT molecular complexity index is 524. The highest BCUT2D eigenvalue weighted by Gasteiger charge is 2.28. The number of rotatable bonds is 3. The van der Waals surface area contributed by atoms with Crippen LogP contribution >= 0.6 is 23.2 Å². The van der Waals surface area contributed by atoms with E-state index in [1.807, 2.05) is 0 Å². The highest BCUT2D eigenvalue weighted by Crippen LogP contribution is 2.28. The zero-order chi connectivity index (χ0) is 14.9. The van der Waals surface area contributed by atoms with Crippen molar-refractivity contribution in [3.63, 3.8) is 0 Å². The predicted molar refractivity (Wildman–Crippen MR) is 76.7 cm³/mol. The maximum absolute atomic E-state index is 13.4. The van der Waals surface area contributed by atoms with Crippen LogP contribution in [0.1, 0.15) is 29.6 Å². The van der Waals surface area contributed by atoms with E-state index in [9.17, 15) is 14.3 Å². The van der Waals surface area contributed by atoms with Gasteiger partial charge in [-0.05, 0) is 25.0 Å². The lowest BCUT2D eigenvalue weighted by molar-refractivity contribution is 0.0693. The van der Waals surface area contributed by atoms with Crippen LogP contribution in [-0.2, 0) is 0 Å². The standard InChI is InChI=1S/C14H16Cl2FNO2/c1-18(7-8-3-2-4-13(8)19)14(20)9-5-12(17)11(16)6-10(9)15/h5-6,8,13,19H,2-4,7H2,1H3/t8-,13-/m0/s1. The fourth-order valence-electron chi connectivity index (χ4n) is 2.56. The Kier molecular flexibility index (Phi) is 4.89. The molecule has 1 aromatic rings. The van der Waals surface area contributed by atoms with Crippen molar-refractivity contribution in [3.05, 3.63) is 33.6 Å². The number of carbonyl (C=O) groups excluding carboxylic acids is 1. The largest absolute Gasteiger partial charge is 0.393 e. The summed E-state index contributed by atoms with van der Waals surface area (Å²) in [5.74, 6) is -0.974. The minimum Gasteiger partial charge on any atom is -0.393 e. The fraction of sp³-hybridized carbons (Fsp3) is 0.500. The Morgan fingerprint density at radius 3 is 2.70 bits per heavy atom. The molecule has 0 unspecified atom stereocenters. The molecule has 1 saturated carbocycles. The molecular formula is C14H16Cl2FNO2. The summed E-state index contributed by atoms with van der Waals surface area (Å²) in [6.07, 6.45) is 2.25. The summed E-state index contributed by atoms with van der Waals surface area (Å²) in [5, 5.41) is 9.80. The second kappa shape index (κ2) is 6.29. The van der Waals surface area contributed by atoms with Crippen LogP contribution in [0.15, 0.2) is 12.1 Å². The molecule has 1 aliphatic carbocycles. The SMILES string of the molecule is CN(C[C@@H]1CCC[C@@H]1O)C(=O)c1cc(F)c(Cl)cc1Cl. The van der Waals surface area contributed by atoms with E-state index < -0.39 is 5.82 Å². The summed E-state index contributed by atoms with van der Waals surface area (Å²) in [5.41, 5.74) is 0.0866. The third-order valence-electron chi connectivity index (χ3n) is 3.71. The van der Waals surface area contributed by atoms with Crippen LogP contribution in [0, 0.1) is 11.7 Å². The molecule has 1 aromatic carbocycles. The number of benzene rings is 1. The Morgan fingerprint density at radius 1 is 1.40 bits per heavy atom. The van der Waals surface area contributed by atoms with Gasteiger partial charge < -0.3 is 10.0 Å². The molecular weight excluding hydrogens is 304 g/mol. The maximum Gasteiger partial charge on any atom is 0.255 e. The van der Waals surface area contributed by atoms with Crippen LogP contribution in [-0.4, -0.2) is 35.6 Å². The van der Waals surface area contributed by atoms with Crippen LogP contribution in [0.2, 0.25) is 10.0 Å². The minimum atomic E-state index is -0.672. The molecule has 1 aliphatic rings. The number of aliphatic hydroxyl groups excluding tert-OH is 1. The van der Waals surface area contributed by atoms with Gasteiger partial charge in [0.2, 0.25) is 0 Å². The lowest BCUT2D eigenvalue weighted by Gasteiger charge is -2.23. The second-order valence-corrected chi connectivity index (χ2v) is 6.00. The molecule has 0 saturated heterocycles. The van der Waals surface area contributed by atoms with Gasteiger partial charge in [-0.3, -0.25) is 4.79 Å². The summed E-state index contributed by atoms with van der Waals surface area (Å²) >= 11 is 11.5. The molecule has 0 aromatic heterocycles. The lowest BCUT2D eigenvalue weighted by Crippen LogP contribution is -2.34. The molecule has 0 spiro atoms. The molecule has 0 radical (unpaired) electrons. The fourth-order valence-corrected chi connectivity index (χ4v) is 3.02. The van der Waals surface area contributed by atoms with E-state index in [0.717, 1.165) is 25.3 Å². The highest BCUT2D eigenvalue weighted by molar-refractivity contribution is 6.36. The summed E-state index contributed by atoms with van der Waals surface area (Å²) < 4.78 is 13.4. The molecule has 3 nitrogen and oxygen atoms in total. The summed E-state index contributed by atoms with van der Waals surface area (Å²) in [4.78, 5) is 13.7. The van der Waals surface area contributed by atoms with Gasteiger partial charge in [0.25, 0.3) is 5.91 Å². The summed E-state index contributed by atoms with van der Waals surface area (Å²) in [6.45, 7) is 0.431. The first-order valence-corrected chi connectivity index (χ1v) is 7.24. The van der Waals surface area contributed by atoms with Crippen LogP contribution in [0.4, 0.5) is 4.39 Å². The molecule has 1 amide bonds. The lowest BCUT2D eigenvalue weighted by atomic mass is 10.1. The van der Waals surface area contributed by atoms with E-state index in [1.165, 1.54) is 11.0 Å². The summed E-state index contributed by atoms with van der Waals surface area (Å²) in [6, 6.07) is 2.28. The van der Waals surface area contributed by atoms with E-state index in [-0.39, 0.29) is 33.5 Å². The first-order chi connectivity index (χ1) is 9.40. The van der Waals surface area contributed by atoms with Gasteiger partial charge in [0.15, 0.2) is 0 Å². The first kappa shape index (κ1) is 15.5. The topological polar surface area (TPSA) is 40.5 Å². The van der Waals surface area contributed by atoms with Gasteiger partial charge in [0, 0.05) is 19.5 Å². The molecule has 2 rings (SSSR count). The van der Waals surface area contributed by atoms with Crippen molar-refractivity contribution in [2.45, 2.75) is 25.4 Å². The van der Waals surface area contributed by atoms with Crippen molar-refractivity contribution in [3.8, 4) is 0 Å². The quantitative estimate of drug-likeness (QED) is 0.868. The zero-order valence-corrected chi connectivity index (χ0v) is 12.6. The van der Waals surface area contributed by atoms with Gasteiger partial charge in [-0.1, -0.05) is 29.6 Å². The zero-order valence-electron chi connectivity index (χ0n) is 11.1. The smallest absolute Gasteiger partial charge is 0.255 e. The molecule has 1 N–H and O–H groups in total. The highest BCUT2D eigenvalue weighted by atomic mass is 35.5. The van der Waals surface area contributed by atoms with Crippen molar-refractivity contribution < 1.29 is 14.3 Å². The Balaban J connectivity index is 2.12. The first-order valence-electron chi connectivity index (χ1n) is 6.48. The van der Waals surface area contributed by atoms with Crippen LogP contribution in [0.25, 0.3) is 0 Å². The predicted octanol–water partition coefficient (Wildman–Crippen LogP) is 3.37. The van der Waals surface area contributed by atoms with Crippen molar-refractivity contribution in [1.29, 1.82) is 0 Å². The van der Waals surface area contributed by atoms with Gasteiger partial charge in [-0.25, -0.2) is 4.39 Å². The molecule has 20 heavy (non-hydrogen) atoms. The number of aliphatic hydroxyl groups is 1. The van der Waals surface area contributed by atoms with Crippen molar-refractivity contribution >= 4 is 29.1 Å². The van der Waals surface area contributed by atoms with Gasteiger partial charge in [-0.15, -0.1) is 0 Å².